The Hall–Kier alpha value is -0.610. The molecular weight excluding hydrogens is 216 g/mol. The molecule has 0 radical (unpaired) electrons. The molecule has 1 unspecified atom stereocenters. The summed E-state index contributed by atoms with van der Waals surface area (Å²) in [6, 6.07) is 0. The van der Waals surface area contributed by atoms with Crippen LogP contribution in [0.3, 0.4) is 0 Å². The third kappa shape index (κ3) is 5.04. The van der Waals surface area contributed by atoms with E-state index in [1.165, 1.54) is 0 Å². The summed E-state index contributed by atoms with van der Waals surface area (Å²) in [5.74, 6) is 0.679. The van der Waals surface area contributed by atoms with Crippen molar-refractivity contribution in [1.82, 2.24) is 5.32 Å². The topological polar surface area (TPSA) is 75.4 Å². The van der Waals surface area contributed by atoms with E-state index in [0.717, 1.165) is 32.1 Å². The van der Waals surface area contributed by atoms with E-state index in [0.29, 0.717) is 25.4 Å². The summed E-state index contributed by atoms with van der Waals surface area (Å²) in [7, 11) is 0. The van der Waals surface area contributed by atoms with E-state index in [2.05, 4.69) is 12.2 Å². The van der Waals surface area contributed by atoms with Gasteiger partial charge >= 0.3 is 0 Å². The highest BCUT2D eigenvalue weighted by atomic mass is 16.3. The van der Waals surface area contributed by atoms with E-state index >= 15 is 0 Å². The number of amides is 1. The minimum Gasteiger partial charge on any atom is -0.396 e. The summed E-state index contributed by atoms with van der Waals surface area (Å²) >= 11 is 0. The van der Waals surface area contributed by atoms with Crippen LogP contribution in [0.25, 0.3) is 0 Å². The SMILES string of the molecule is CCC(CCN)CCC(=O)NCC1(CO)CC1. The molecule has 1 saturated carbocycles. The van der Waals surface area contributed by atoms with Gasteiger partial charge < -0.3 is 16.2 Å². The first-order chi connectivity index (χ1) is 8.15. The van der Waals surface area contributed by atoms with Gasteiger partial charge in [0.2, 0.25) is 5.91 Å². The summed E-state index contributed by atoms with van der Waals surface area (Å²) in [6.45, 7) is 3.67. The summed E-state index contributed by atoms with van der Waals surface area (Å²) < 4.78 is 0. The van der Waals surface area contributed by atoms with Gasteiger partial charge in [0.05, 0.1) is 6.61 Å². The van der Waals surface area contributed by atoms with Crippen LogP contribution in [0.2, 0.25) is 0 Å². The van der Waals surface area contributed by atoms with E-state index in [1.807, 2.05) is 0 Å². The van der Waals surface area contributed by atoms with E-state index in [1.54, 1.807) is 0 Å². The lowest BCUT2D eigenvalue weighted by atomic mass is 9.96. The second-order valence-corrected chi connectivity index (χ2v) is 5.33. The fraction of sp³-hybridized carbons (Fsp3) is 0.923. The molecule has 0 aromatic carbocycles. The number of hydrogen-bond donors (Lipinski definition) is 3. The molecule has 1 aliphatic rings. The van der Waals surface area contributed by atoms with E-state index in [9.17, 15) is 4.79 Å². The Labute approximate surface area is 104 Å². The molecule has 0 aliphatic heterocycles. The molecule has 1 rings (SSSR count). The van der Waals surface area contributed by atoms with Gasteiger partial charge in [0, 0.05) is 18.4 Å². The van der Waals surface area contributed by atoms with Crippen LogP contribution >= 0.6 is 0 Å². The average Bonchev–Trinajstić information content (AvgIpc) is 3.12. The van der Waals surface area contributed by atoms with Gasteiger partial charge in [-0.1, -0.05) is 13.3 Å². The number of aliphatic hydroxyl groups is 1. The molecule has 4 heteroatoms. The van der Waals surface area contributed by atoms with Gasteiger partial charge in [-0.15, -0.1) is 0 Å². The molecule has 1 amide bonds. The lowest BCUT2D eigenvalue weighted by Gasteiger charge is -2.15. The van der Waals surface area contributed by atoms with Crippen LogP contribution in [0, 0.1) is 11.3 Å². The number of carbonyl (C=O) groups excluding carboxylic acids is 1. The predicted molar refractivity (Wildman–Crippen MR) is 68.4 cm³/mol. The van der Waals surface area contributed by atoms with E-state index < -0.39 is 0 Å². The molecule has 17 heavy (non-hydrogen) atoms. The molecule has 0 heterocycles. The van der Waals surface area contributed by atoms with E-state index in [4.69, 9.17) is 10.8 Å². The molecular formula is C13H26N2O2. The Morgan fingerprint density at radius 2 is 2.18 bits per heavy atom. The summed E-state index contributed by atoms with van der Waals surface area (Å²) in [4.78, 5) is 11.6. The Kier molecular flexibility index (Phi) is 5.92. The number of nitrogens with two attached hydrogens (primary N) is 1. The van der Waals surface area contributed by atoms with Crippen molar-refractivity contribution >= 4 is 5.91 Å². The van der Waals surface area contributed by atoms with Crippen LogP contribution in [-0.2, 0) is 4.79 Å². The zero-order chi connectivity index (χ0) is 12.7. The van der Waals surface area contributed by atoms with Crippen molar-refractivity contribution in [1.29, 1.82) is 0 Å². The van der Waals surface area contributed by atoms with Gasteiger partial charge in [-0.25, -0.2) is 0 Å². The Balaban J connectivity index is 2.12. The highest BCUT2D eigenvalue weighted by molar-refractivity contribution is 5.75. The largest absolute Gasteiger partial charge is 0.396 e. The summed E-state index contributed by atoms with van der Waals surface area (Å²) in [5.41, 5.74) is 5.54. The summed E-state index contributed by atoms with van der Waals surface area (Å²) in [5, 5.41) is 12.1. The van der Waals surface area contributed by atoms with Gasteiger partial charge in [0.25, 0.3) is 0 Å². The molecule has 100 valence electrons. The molecule has 1 aliphatic carbocycles. The normalized spacial score (nSPS) is 18.8. The number of rotatable bonds is 9. The molecule has 0 aromatic heterocycles. The molecule has 0 saturated heterocycles. The molecule has 0 spiro atoms. The maximum Gasteiger partial charge on any atom is 0.220 e. The third-order valence-electron chi connectivity index (χ3n) is 3.88. The highest BCUT2D eigenvalue weighted by Crippen LogP contribution is 2.44. The predicted octanol–water partition coefficient (Wildman–Crippen LogP) is 1.03. The van der Waals surface area contributed by atoms with Crippen LogP contribution < -0.4 is 11.1 Å². The van der Waals surface area contributed by atoms with Crippen molar-refractivity contribution < 1.29 is 9.90 Å². The van der Waals surface area contributed by atoms with Gasteiger partial charge in [0.1, 0.15) is 0 Å². The second kappa shape index (κ2) is 6.97. The third-order valence-corrected chi connectivity index (χ3v) is 3.88. The zero-order valence-electron chi connectivity index (χ0n) is 10.9. The quantitative estimate of drug-likeness (QED) is 0.565. The van der Waals surface area contributed by atoms with Crippen LogP contribution in [0.4, 0.5) is 0 Å². The fourth-order valence-corrected chi connectivity index (χ4v) is 2.07. The van der Waals surface area contributed by atoms with Crippen molar-refractivity contribution in [3.63, 3.8) is 0 Å². The number of hydrogen-bond acceptors (Lipinski definition) is 3. The minimum atomic E-state index is 0.0110. The first kappa shape index (κ1) is 14.5. The number of aliphatic hydroxyl groups excluding tert-OH is 1. The van der Waals surface area contributed by atoms with Crippen molar-refractivity contribution in [2.45, 2.75) is 45.4 Å². The van der Waals surface area contributed by atoms with Crippen molar-refractivity contribution in [3.05, 3.63) is 0 Å². The number of nitrogens with one attached hydrogen (secondary N) is 1. The smallest absolute Gasteiger partial charge is 0.220 e. The van der Waals surface area contributed by atoms with Crippen LogP contribution in [0.15, 0.2) is 0 Å². The molecule has 1 atom stereocenters. The van der Waals surface area contributed by atoms with Gasteiger partial charge in [-0.3, -0.25) is 4.79 Å². The first-order valence-electron chi connectivity index (χ1n) is 6.73. The summed E-state index contributed by atoms with van der Waals surface area (Å²) in [6.07, 6.45) is 5.67. The Bertz CT molecular complexity index is 240. The van der Waals surface area contributed by atoms with Gasteiger partial charge in [-0.2, -0.15) is 0 Å². The van der Waals surface area contributed by atoms with Crippen LogP contribution in [0.5, 0.6) is 0 Å². The Morgan fingerprint density at radius 1 is 1.47 bits per heavy atom. The Morgan fingerprint density at radius 3 is 2.65 bits per heavy atom. The maximum atomic E-state index is 11.6. The lowest BCUT2D eigenvalue weighted by molar-refractivity contribution is -0.121. The average molecular weight is 242 g/mol. The monoisotopic (exact) mass is 242 g/mol. The second-order valence-electron chi connectivity index (χ2n) is 5.33. The molecule has 0 aromatic rings. The number of carbonyl (C=O) groups is 1. The van der Waals surface area contributed by atoms with Gasteiger partial charge in [0.15, 0.2) is 0 Å². The molecule has 1 fully saturated rings. The minimum absolute atomic E-state index is 0.0110. The zero-order valence-corrected chi connectivity index (χ0v) is 10.9. The fourth-order valence-electron chi connectivity index (χ4n) is 2.07. The van der Waals surface area contributed by atoms with Crippen LogP contribution in [-0.4, -0.2) is 30.7 Å². The van der Waals surface area contributed by atoms with Crippen LogP contribution in [0.1, 0.15) is 45.4 Å². The van der Waals surface area contributed by atoms with Gasteiger partial charge in [-0.05, 0) is 38.1 Å². The van der Waals surface area contributed by atoms with E-state index in [-0.39, 0.29) is 17.9 Å². The lowest BCUT2D eigenvalue weighted by Crippen LogP contribution is -2.32. The van der Waals surface area contributed by atoms with Crippen molar-refractivity contribution in [2.75, 3.05) is 19.7 Å². The maximum absolute atomic E-state index is 11.6. The molecule has 0 bridgehead atoms. The molecule has 4 nitrogen and oxygen atoms in total. The first-order valence-corrected chi connectivity index (χ1v) is 6.73. The standard InChI is InChI=1S/C13H26N2O2/c1-2-11(5-8-14)3-4-12(17)15-9-13(10-16)6-7-13/h11,16H,2-10,14H2,1H3,(H,15,17). The highest BCUT2D eigenvalue weighted by Gasteiger charge is 2.41. The van der Waals surface area contributed by atoms with Crippen molar-refractivity contribution in [3.8, 4) is 0 Å². The molecule has 4 N–H and O–H groups in total. The van der Waals surface area contributed by atoms with Crippen molar-refractivity contribution in [2.24, 2.45) is 17.1 Å².